The van der Waals surface area contributed by atoms with Crippen LogP contribution >= 0.6 is 11.6 Å². The van der Waals surface area contributed by atoms with Crippen LogP contribution in [0.4, 0.5) is 0 Å². The van der Waals surface area contributed by atoms with E-state index < -0.39 is 0 Å². The second-order valence-corrected chi connectivity index (χ2v) is 5.48. The molecule has 0 aliphatic heterocycles. The average molecular weight is 325 g/mol. The maximum Gasteiger partial charge on any atom is 0.250 e. The molecule has 3 aromatic rings. The molecule has 2 aromatic carbocycles. The van der Waals surface area contributed by atoms with Crippen LogP contribution < -0.4 is 4.57 Å². The first-order valence-electron chi connectivity index (χ1n) is 7.29. The Hall–Kier alpha value is -2.52. The standard InChI is InChI=1S/C19H15ClNO2/c20-12-18(22)17-11-10-14-6-4-5-9-16(14)21(17)13-19(23)15-7-2-1-3-8-15/h1-11H,12-13H2/q+1. The van der Waals surface area contributed by atoms with Crippen molar-refractivity contribution in [1.82, 2.24) is 0 Å². The van der Waals surface area contributed by atoms with Crippen molar-refractivity contribution in [3.63, 3.8) is 0 Å². The third kappa shape index (κ3) is 3.15. The van der Waals surface area contributed by atoms with Gasteiger partial charge in [0, 0.05) is 23.1 Å². The maximum absolute atomic E-state index is 12.6. The summed E-state index contributed by atoms with van der Waals surface area (Å²) in [5, 5.41) is 0.972. The quantitative estimate of drug-likeness (QED) is 0.410. The van der Waals surface area contributed by atoms with E-state index >= 15 is 0 Å². The van der Waals surface area contributed by atoms with Crippen LogP contribution in [0, 0.1) is 0 Å². The van der Waals surface area contributed by atoms with Crippen molar-refractivity contribution < 1.29 is 14.2 Å². The molecule has 0 amide bonds. The first-order chi connectivity index (χ1) is 11.2. The van der Waals surface area contributed by atoms with Crippen LogP contribution in [-0.2, 0) is 6.54 Å². The molecule has 3 nitrogen and oxygen atoms in total. The van der Waals surface area contributed by atoms with Gasteiger partial charge in [-0.25, -0.2) is 0 Å². The number of fused-ring (bicyclic) bond motifs is 1. The molecule has 1 aromatic heterocycles. The average Bonchev–Trinajstić information content (AvgIpc) is 2.62. The number of hydrogen-bond donors (Lipinski definition) is 0. The zero-order valence-electron chi connectivity index (χ0n) is 12.4. The van der Waals surface area contributed by atoms with E-state index in [0.29, 0.717) is 11.3 Å². The molecule has 0 N–H and O–H groups in total. The number of pyridine rings is 1. The SMILES string of the molecule is O=C(C[n+]1c(C(=O)CCl)ccc2ccccc21)c1ccccc1. The van der Waals surface area contributed by atoms with Crippen molar-refractivity contribution in [2.45, 2.75) is 6.54 Å². The minimum Gasteiger partial charge on any atom is -0.287 e. The molecule has 23 heavy (non-hydrogen) atoms. The molecule has 0 atom stereocenters. The molecule has 4 heteroatoms. The molecule has 0 saturated heterocycles. The fraction of sp³-hybridized carbons (Fsp3) is 0.105. The lowest BCUT2D eigenvalue weighted by atomic mass is 10.1. The van der Waals surface area contributed by atoms with E-state index in [2.05, 4.69) is 0 Å². The van der Waals surface area contributed by atoms with Gasteiger partial charge in [-0.15, -0.1) is 11.6 Å². The van der Waals surface area contributed by atoms with Crippen molar-refractivity contribution >= 4 is 34.1 Å². The topological polar surface area (TPSA) is 38.0 Å². The fourth-order valence-electron chi connectivity index (χ4n) is 2.60. The van der Waals surface area contributed by atoms with Gasteiger partial charge in [-0.2, -0.15) is 4.57 Å². The highest BCUT2D eigenvalue weighted by molar-refractivity contribution is 6.30. The van der Waals surface area contributed by atoms with Crippen LogP contribution in [0.3, 0.4) is 0 Å². The molecule has 0 aliphatic rings. The predicted octanol–water partition coefficient (Wildman–Crippen LogP) is 3.43. The molecule has 0 fully saturated rings. The summed E-state index contributed by atoms with van der Waals surface area (Å²) in [7, 11) is 0. The number of aromatic nitrogens is 1. The van der Waals surface area contributed by atoms with E-state index in [0.717, 1.165) is 10.9 Å². The van der Waals surface area contributed by atoms with Gasteiger partial charge < -0.3 is 0 Å². The van der Waals surface area contributed by atoms with Crippen molar-refractivity contribution in [3.8, 4) is 0 Å². The van der Waals surface area contributed by atoms with Gasteiger partial charge in [-0.1, -0.05) is 42.5 Å². The number of alkyl halides is 1. The third-order valence-corrected chi connectivity index (χ3v) is 3.99. The monoisotopic (exact) mass is 324 g/mol. The minimum absolute atomic E-state index is 0.0458. The molecule has 114 valence electrons. The van der Waals surface area contributed by atoms with Gasteiger partial charge >= 0.3 is 0 Å². The van der Waals surface area contributed by atoms with Crippen molar-refractivity contribution in [3.05, 3.63) is 78.0 Å². The Labute approximate surface area is 139 Å². The van der Waals surface area contributed by atoms with E-state index in [1.54, 1.807) is 22.8 Å². The lowest BCUT2D eigenvalue weighted by molar-refractivity contribution is -0.659. The van der Waals surface area contributed by atoms with Crippen LogP contribution in [0.15, 0.2) is 66.7 Å². The molecule has 0 radical (unpaired) electrons. The van der Waals surface area contributed by atoms with Gasteiger partial charge in [-0.05, 0) is 12.1 Å². The molecule has 0 bridgehead atoms. The summed E-state index contributed by atoms with van der Waals surface area (Å²) in [5.41, 5.74) is 1.91. The number of halogens is 1. The molecular weight excluding hydrogens is 310 g/mol. The van der Waals surface area contributed by atoms with Gasteiger partial charge in [0.2, 0.25) is 23.6 Å². The van der Waals surface area contributed by atoms with Crippen LogP contribution in [0.1, 0.15) is 20.8 Å². The predicted molar refractivity (Wildman–Crippen MR) is 90.0 cm³/mol. The van der Waals surface area contributed by atoms with Crippen molar-refractivity contribution in [1.29, 1.82) is 0 Å². The first kappa shape index (κ1) is 15.4. The fourth-order valence-corrected chi connectivity index (χ4v) is 2.74. The molecule has 1 heterocycles. The summed E-state index contributed by atoms with van der Waals surface area (Å²) in [4.78, 5) is 24.7. The number of nitrogens with zero attached hydrogens (tertiary/aromatic N) is 1. The van der Waals surface area contributed by atoms with Crippen molar-refractivity contribution in [2.75, 3.05) is 5.88 Å². The number of carbonyl (C=O) groups excluding carboxylic acids is 2. The van der Waals surface area contributed by atoms with Crippen molar-refractivity contribution in [2.24, 2.45) is 0 Å². The zero-order valence-corrected chi connectivity index (χ0v) is 13.2. The van der Waals surface area contributed by atoms with Gasteiger partial charge in [-0.3, -0.25) is 9.59 Å². The van der Waals surface area contributed by atoms with E-state index in [-0.39, 0.29) is 24.0 Å². The van der Waals surface area contributed by atoms with E-state index in [1.807, 2.05) is 48.5 Å². The number of hydrogen-bond acceptors (Lipinski definition) is 2. The molecule has 0 spiro atoms. The van der Waals surface area contributed by atoms with Crippen LogP contribution in [0.5, 0.6) is 0 Å². The number of carbonyl (C=O) groups is 2. The lowest BCUT2D eigenvalue weighted by Gasteiger charge is -2.06. The summed E-state index contributed by atoms with van der Waals surface area (Å²) >= 11 is 5.72. The minimum atomic E-state index is -0.196. The van der Waals surface area contributed by atoms with E-state index in [4.69, 9.17) is 11.6 Å². The molecule has 0 saturated carbocycles. The van der Waals surface area contributed by atoms with E-state index in [1.165, 1.54) is 0 Å². The smallest absolute Gasteiger partial charge is 0.250 e. The number of Topliss-reactive ketones (excluding diaryl/α,β-unsaturated/α-hetero) is 2. The second kappa shape index (κ2) is 6.71. The Kier molecular flexibility index (Phi) is 4.49. The third-order valence-electron chi connectivity index (χ3n) is 3.74. The Balaban J connectivity index is 2.10. The Morgan fingerprint density at radius 3 is 2.26 bits per heavy atom. The Bertz CT molecular complexity index is 875. The Morgan fingerprint density at radius 1 is 0.826 bits per heavy atom. The molecule has 0 aliphatic carbocycles. The first-order valence-corrected chi connectivity index (χ1v) is 7.83. The maximum atomic E-state index is 12.6. The zero-order chi connectivity index (χ0) is 16.2. The van der Waals surface area contributed by atoms with Crippen LogP contribution in [0.25, 0.3) is 10.9 Å². The summed E-state index contributed by atoms with van der Waals surface area (Å²) in [5.74, 6) is -0.355. The highest BCUT2D eigenvalue weighted by Gasteiger charge is 2.24. The summed E-state index contributed by atoms with van der Waals surface area (Å²) in [6.45, 7) is 0.101. The van der Waals surface area contributed by atoms with Gasteiger partial charge in [0.25, 0.3) is 5.69 Å². The molecule has 0 unspecified atom stereocenters. The number of rotatable bonds is 5. The largest absolute Gasteiger partial charge is 0.287 e. The molecular formula is C19H15ClNO2+. The van der Waals surface area contributed by atoms with Crippen LogP contribution in [-0.4, -0.2) is 17.4 Å². The number of ketones is 2. The molecule has 3 rings (SSSR count). The second-order valence-electron chi connectivity index (χ2n) is 5.21. The summed E-state index contributed by atoms with van der Waals surface area (Å²) in [6, 6.07) is 20.3. The highest BCUT2D eigenvalue weighted by atomic mass is 35.5. The Morgan fingerprint density at radius 2 is 1.52 bits per heavy atom. The summed E-state index contributed by atoms with van der Waals surface area (Å²) in [6.07, 6.45) is 0. The van der Waals surface area contributed by atoms with Crippen LogP contribution in [0.2, 0.25) is 0 Å². The summed E-state index contributed by atoms with van der Waals surface area (Å²) < 4.78 is 1.75. The normalized spacial score (nSPS) is 10.7. The van der Waals surface area contributed by atoms with Gasteiger partial charge in [0.15, 0.2) is 0 Å². The van der Waals surface area contributed by atoms with E-state index in [9.17, 15) is 9.59 Å². The number of para-hydroxylation sites is 1. The number of benzene rings is 2. The lowest BCUT2D eigenvalue weighted by Crippen LogP contribution is -2.44. The van der Waals surface area contributed by atoms with Gasteiger partial charge in [0.1, 0.15) is 0 Å². The highest BCUT2D eigenvalue weighted by Crippen LogP contribution is 2.12. The van der Waals surface area contributed by atoms with Gasteiger partial charge in [0.05, 0.1) is 5.88 Å².